The highest BCUT2D eigenvalue weighted by molar-refractivity contribution is 6.42. The first-order valence-electron chi connectivity index (χ1n) is 11.5. The van der Waals surface area contributed by atoms with Crippen molar-refractivity contribution >= 4 is 41.1 Å². The second-order valence-electron chi connectivity index (χ2n) is 8.75. The summed E-state index contributed by atoms with van der Waals surface area (Å²) in [6.07, 6.45) is 7.24. The van der Waals surface area contributed by atoms with Crippen molar-refractivity contribution in [1.29, 1.82) is 0 Å². The van der Waals surface area contributed by atoms with Crippen molar-refractivity contribution in [3.05, 3.63) is 39.9 Å². The summed E-state index contributed by atoms with van der Waals surface area (Å²) < 4.78 is 0. The van der Waals surface area contributed by atoms with Crippen molar-refractivity contribution in [3.63, 3.8) is 0 Å². The van der Waals surface area contributed by atoms with E-state index in [2.05, 4.69) is 11.8 Å². The number of amides is 2. The predicted octanol–water partition coefficient (Wildman–Crippen LogP) is 3.69. The van der Waals surface area contributed by atoms with Gasteiger partial charge in [0, 0.05) is 51.3 Å². The fourth-order valence-electron chi connectivity index (χ4n) is 4.31. The number of carbonyl (C=O) groups excluding carboxylic acids is 2. The summed E-state index contributed by atoms with van der Waals surface area (Å²) in [7, 11) is 0. The SMILES string of the molecule is CC1CCCCN1CC(O)CCN1CCN(C(=O)C=Cc2ccc(Cl)c(Cl)c2)CCC1=O. The predicted molar refractivity (Wildman–Crippen MR) is 129 cm³/mol. The number of halogens is 2. The highest BCUT2D eigenvalue weighted by Crippen LogP contribution is 2.23. The van der Waals surface area contributed by atoms with Gasteiger partial charge < -0.3 is 14.9 Å². The second kappa shape index (κ2) is 12.0. The molecule has 1 aromatic rings. The van der Waals surface area contributed by atoms with E-state index in [4.69, 9.17) is 23.2 Å². The second-order valence-corrected chi connectivity index (χ2v) is 9.56. The molecule has 2 saturated heterocycles. The van der Waals surface area contributed by atoms with E-state index in [0.29, 0.717) is 61.7 Å². The molecule has 2 fully saturated rings. The smallest absolute Gasteiger partial charge is 0.246 e. The Labute approximate surface area is 200 Å². The Morgan fingerprint density at radius 1 is 1.19 bits per heavy atom. The molecule has 0 spiro atoms. The molecule has 0 aromatic heterocycles. The highest BCUT2D eigenvalue weighted by atomic mass is 35.5. The quantitative estimate of drug-likeness (QED) is 0.603. The first kappa shape index (κ1) is 25.0. The zero-order chi connectivity index (χ0) is 23.1. The van der Waals surface area contributed by atoms with Gasteiger partial charge in [-0.1, -0.05) is 35.7 Å². The van der Waals surface area contributed by atoms with Crippen molar-refractivity contribution < 1.29 is 14.7 Å². The molecule has 2 heterocycles. The maximum atomic E-state index is 12.6. The topological polar surface area (TPSA) is 64.1 Å². The lowest BCUT2D eigenvalue weighted by molar-refractivity contribution is -0.130. The van der Waals surface area contributed by atoms with Crippen LogP contribution in [0.5, 0.6) is 0 Å². The molecule has 2 unspecified atom stereocenters. The zero-order valence-corrected chi connectivity index (χ0v) is 20.2. The molecule has 0 saturated carbocycles. The summed E-state index contributed by atoms with van der Waals surface area (Å²) in [5.74, 6) is -0.0999. The van der Waals surface area contributed by atoms with Crippen LogP contribution >= 0.6 is 23.2 Å². The van der Waals surface area contributed by atoms with Crippen LogP contribution < -0.4 is 0 Å². The molecule has 176 valence electrons. The van der Waals surface area contributed by atoms with E-state index in [0.717, 1.165) is 12.1 Å². The molecule has 0 bridgehead atoms. The van der Waals surface area contributed by atoms with Gasteiger partial charge in [0.25, 0.3) is 0 Å². The van der Waals surface area contributed by atoms with E-state index in [9.17, 15) is 14.7 Å². The van der Waals surface area contributed by atoms with Crippen LogP contribution in [0.1, 0.15) is 44.6 Å². The molecule has 1 N–H and O–H groups in total. The molecule has 32 heavy (non-hydrogen) atoms. The van der Waals surface area contributed by atoms with Crippen molar-refractivity contribution in [2.45, 2.75) is 51.2 Å². The number of likely N-dealkylation sites (tertiary alicyclic amines) is 1. The number of β-amino-alcohol motifs (C(OH)–C–C–N with tert-alkyl or cyclic N) is 1. The van der Waals surface area contributed by atoms with E-state index in [1.807, 2.05) is 0 Å². The number of hydrogen-bond acceptors (Lipinski definition) is 4. The number of benzene rings is 1. The van der Waals surface area contributed by atoms with Gasteiger partial charge in [-0.3, -0.25) is 14.5 Å². The van der Waals surface area contributed by atoms with Crippen LogP contribution in [0.2, 0.25) is 10.0 Å². The zero-order valence-electron chi connectivity index (χ0n) is 18.7. The summed E-state index contributed by atoms with van der Waals surface area (Å²) in [6, 6.07) is 5.70. The minimum atomic E-state index is -0.446. The molecule has 1 aromatic carbocycles. The third kappa shape index (κ3) is 7.20. The monoisotopic (exact) mass is 481 g/mol. The molecular weight excluding hydrogens is 449 g/mol. The lowest BCUT2D eigenvalue weighted by Crippen LogP contribution is -2.43. The standard InChI is InChI=1S/C24H33Cl2N3O3/c1-18-4-2-3-11-29(18)17-20(30)9-12-27-14-15-28(13-10-24(27)32)23(31)8-6-19-5-7-21(25)22(26)16-19/h5-8,16,18,20,30H,2-4,9-15,17H2,1H3. The van der Waals surface area contributed by atoms with Crippen LogP contribution in [0.25, 0.3) is 6.08 Å². The van der Waals surface area contributed by atoms with Crippen molar-refractivity contribution in [2.24, 2.45) is 0 Å². The Balaban J connectivity index is 1.47. The molecule has 3 rings (SSSR count). The van der Waals surface area contributed by atoms with Gasteiger partial charge in [0.2, 0.25) is 11.8 Å². The number of carbonyl (C=O) groups is 2. The fourth-order valence-corrected chi connectivity index (χ4v) is 4.61. The Kier molecular flexibility index (Phi) is 9.41. The number of piperidine rings is 1. The van der Waals surface area contributed by atoms with Crippen LogP contribution in [0, 0.1) is 0 Å². The van der Waals surface area contributed by atoms with Gasteiger partial charge in [0.1, 0.15) is 0 Å². The van der Waals surface area contributed by atoms with Crippen molar-refractivity contribution in [2.75, 3.05) is 39.3 Å². The number of aliphatic hydroxyl groups is 1. The summed E-state index contributed by atoms with van der Waals surface area (Å²) in [5, 5.41) is 11.4. The number of nitrogens with zero attached hydrogens (tertiary/aromatic N) is 3. The average molecular weight is 482 g/mol. The molecular formula is C24H33Cl2N3O3. The van der Waals surface area contributed by atoms with Crippen molar-refractivity contribution in [3.8, 4) is 0 Å². The van der Waals surface area contributed by atoms with Crippen LogP contribution in [0.3, 0.4) is 0 Å². The van der Waals surface area contributed by atoms with Gasteiger partial charge in [0.05, 0.1) is 16.1 Å². The molecule has 8 heteroatoms. The third-order valence-electron chi connectivity index (χ3n) is 6.38. The molecule has 2 atom stereocenters. The fraction of sp³-hybridized carbons (Fsp3) is 0.583. The lowest BCUT2D eigenvalue weighted by atomic mass is 10.0. The van der Waals surface area contributed by atoms with Gasteiger partial charge >= 0.3 is 0 Å². The number of aliphatic hydroxyl groups excluding tert-OH is 1. The maximum absolute atomic E-state index is 12.6. The normalized spacial score (nSPS) is 21.8. The summed E-state index contributed by atoms with van der Waals surface area (Å²) in [6.45, 7) is 5.79. The van der Waals surface area contributed by atoms with Crippen LogP contribution in [-0.2, 0) is 9.59 Å². The minimum absolute atomic E-state index is 0.0345. The maximum Gasteiger partial charge on any atom is 0.246 e. The molecule has 2 aliphatic rings. The van der Waals surface area contributed by atoms with Gasteiger partial charge in [0.15, 0.2) is 0 Å². The largest absolute Gasteiger partial charge is 0.392 e. The Bertz CT molecular complexity index is 833. The summed E-state index contributed by atoms with van der Waals surface area (Å²) >= 11 is 11.9. The Hall–Kier alpha value is -1.60. The molecule has 6 nitrogen and oxygen atoms in total. The number of rotatable bonds is 7. The average Bonchev–Trinajstić information content (AvgIpc) is 2.96. The molecule has 2 amide bonds. The highest BCUT2D eigenvalue weighted by Gasteiger charge is 2.25. The van der Waals surface area contributed by atoms with Gasteiger partial charge in [-0.15, -0.1) is 0 Å². The van der Waals surface area contributed by atoms with E-state index < -0.39 is 6.10 Å². The Morgan fingerprint density at radius 3 is 2.75 bits per heavy atom. The van der Waals surface area contributed by atoms with Gasteiger partial charge in [-0.05, 0) is 56.5 Å². The van der Waals surface area contributed by atoms with Crippen LogP contribution in [-0.4, -0.2) is 83.0 Å². The molecule has 0 aliphatic carbocycles. The van der Waals surface area contributed by atoms with Gasteiger partial charge in [-0.2, -0.15) is 0 Å². The first-order valence-corrected chi connectivity index (χ1v) is 12.2. The van der Waals surface area contributed by atoms with Crippen molar-refractivity contribution in [1.82, 2.24) is 14.7 Å². The minimum Gasteiger partial charge on any atom is -0.392 e. The summed E-state index contributed by atoms with van der Waals surface area (Å²) in [4.78, 5) is 31.0. The summed E-state index contributed by atoms with van der Waals surface area (Å²) in [5.41, 5.74) is 0.789. The van der Waals surface area contributed by atoms with E-state index in [1.54, 1.807) is 34.1 Å². The Morgan fingerprint density at radius 2 is 2.00 bits per heavy atom. The molecule has 2 aliphatic heterocycles. The van der Waals surface area contributed by atoms with Crippen LogP contribution in [0.15, 0.2) is 24.3 Å². The molecule has 0 radical (unpaired) electrons. The van der Waals surface area contributed by atoms with Gasteiger partial charge in [-0.25, -0.2) is 0 Å². The lowest BCUT2D eigenvalue weighted by Gasteiger charge is -2.35. The van der Waals surface area contributed by atoms with E-state index in [-0.39, 0.29) is 11.8 Å². The van der Waals surface area contributed by atoms with E-state index in [1.165, 1.54) is 25.3 Å². The third-order valence-corrected chi connectivity index (χ3v) is 7.12. The number of hydrogen-bond donors (Lipinski definition) is 1. The first-order chi connectivity index (χ1) is 15.3. The van der Waals surface area contributed by atoms with E-state index >= 15 is 0 Å². The van der Waals surface area contributed by atoms with Crippen LogP contribution in [0.4, 0.5) is 0 Å².